The van der Waals surface area contributed by atoms with Gasteiger partial charge in [-0.05, 0) is 55.8 Å². The van der Waals surface area contributed by atoms with Crippen LogP contribution >= 0.6 is 0 Å². The third kappa shape index (κ3) is 4.74. The van der Waals surface area contributed by atoms with Crippen LogP contribution in [0.2, 0.25) is 0 Å². The standard InChI is InChI=1S/C22H27N5O2/c1-29-17-8-6-16(7-9-17)19(27-13-2-3-14-27)15-24-21(28)11-10-20-25-18-5-4-12-23-22(18)26-20/h4-9,12,19H,2-3,10-11,13-15H2,1H3,(H,24,28)(H,23,25,26)/t19-/m1/s1. The molecule has 3 aromatic rings. The van der Waals surface area contributed by atoms with Crippen molar-refractivity contribution in [1.82, 2.24) is 25.2 Å². The average Bonchev–Trinajstić information content (AvgIpc) is 3.42. The molecule has 2 N–H and O–H groups in total. The molecule has 152 valence electrons. The summed E-state index contributed by atoms with van der Waals surface area (Å²) in [5.74, 6) is 1.68. The Balaban J connectivity index is 1.35. The number of pyridine rings is 1. The van der Waals surface area contributed by atoms with E-state index in [0.717, 1.165) is 30.2 Å². The van der Waals surface area contributed by atoms with Crippen molar-refractivity contribution < 1.29 is 9.53 Å². The first kappa shape index (κ1) is 19.4. The topological polar surface area (TPSA) is 83.1 Å². The van der Waals surface area contributed by atoms with E-state index in [2.05, 4.69) is 37.3 Å². The van der Waals surface area contributed by atoms with E-state index in [4.69, 9.17) is 4.74 Å². The third-order valence-corrected chi connectivity index (χ3v) is 5.47. The summed E-state index contributed by atoms with van der Waals surface area (Å²) in [4.78, 5) is 26.8. The van der Waals surface area contributed by atoms with Gasteiger partial charge in [0.05, 0.1) is 18.7 Å². The molecule has 1 fully saturated rings. The van der Waals surface area contributed by atoms with Crippen LogP contribution in [-0.2, 0) is 11.2 Å². The maximum absolute atomic E-state index is 12.5. The number of nitrogens with one attached hydrogen (secondary N) is 2. The number of benzene rings is 1. The number of aryl methyl sites for hydroxylation is 1. The van der Waals surface area contributed by atoms with Crippen LogP contribution in [0.15, 0.2) is 42.6 Å². The Morgan fingerprint density at radius 2 is 2.03 bits per heavy atom. The van der Waals surface area contributed by atoms with Crippen LogP contribution in [0.4, 0.5) is 0 Å². The molecule has 0 spiro atoms. The first-order valence-electron chi connectivity index (χ1n) is 10.2. The van der Waals surface area contributed by atoms with Gasteiger partial charge in [0, 0.05) is 25.6 Å². The second-order valence-corrected chi connectivity index (χ2v) is 7.39. The number of rotatable bonds is 8. The number of H-pyrrole nitrogens is 1. The van der Waals surface area contributed by atoms with Crippen molar-refractivity contribution in [2.45, 2.75) is 31.7 Å². The van der Waals surface area contributed by atoms with E-state index in [-0.39, 0.29) is 11.9 Å². The Bertz CT molecular complexity index is 914. The molecular weight excluding hydrogens is 366 g/mol. The predicted molar refractivity (Wildman–Crippen MR) is 112 cm³/mol. The van der Waals surface area contributed by atoms with E-state index in [1.165, 1.54) is 18.4 Å². The number of imidazole rings is 1. The van der Waals surface area contributed by atoms with Crippen molar-refractivity contribution in [2.75, 3.05) is 26.7 Å². The van der Waals surface area contributed by atoms with Crippen LogP contribution in [-0.4, -0.2) is 52.5 Å². The van der Waals surface area contributed by atoms with Crippen LogP contribution in [0, 0.1) is 0 Å². The zero-order chi connectivity index (χ0) is 20.1. The number of ether oxygens (including phenoxy) is 1. The molecule has 0 bridgehead atoms. The lowest BCUT2D eigenvalue weighted by molar-refractivity contribution is -0.121. The summed E-state index contributed by atoms with van der Waals surface area (Å²) in [5.41, 5.74) is 2.80. The number of aromatic amines is 1. The SMILES string of the molecule is COc1ccc([C@@H](CNC(=O)CCc2nc3ncccc3[nH]2)N2CCCC2)cc1. The number of hydrogen-bond donors (Lipinski definition) is 2. The van der Waals surface area contributed by atoms with Crippen molar-refractivity contribution in [3.63, 3.8) is 0 Å². The van der Waals surface area contributed by atoms with Gasteiger partial charge in [0.25, 0.3) is 0 Å². The Labute approximate surface area is 170 Å². The molecule has 1 atom stereocenters. The second kappa shape index (κ2) is 9.05. The number of aromatic nitrogens is 3. The van der Waals surface area contributed by atoms with Crippen molar-refractivity contribution in [3.8, 4) is 5.75 Å². The van der Waals surface area contributed by atoms with Crippen molar-refractivity contribution in [3.05, 3.63) is 54.0 Å². The highest BCUT2D eigenvalue weighted by atomic mass is 16.5. The molecule has 1 aliphatic rings. The molecule has 1 amide bonds. The lowest BCUT2D eigenvalue weighted by atomic mass is 10.1. The van der Waals surface area contributed by atoms with Crippen molar-refractivity contribution in [2.24, 2.45) is 0 Å². The number of carbonyl (C=O) groups excluding carboxylic acids is 1. The van der Waals surface area contributed by atoms with E-state index in [1.54, 1.807) is 13.3 Å². The second-order valence-electron chi connectivity index (χ2n) is 7.39. The number of methoxy groups -OCH3 is 1. The molecule has 29 heavy (non-hydrogen) atoms. The molecule has 1 saturated heterocycles. The number of amides is 1. The van der Waals surface area contributed by atoms with Gasteiger partial charge in [-0.15, -0.1) is 0 Å². The normalized spacial score (nSPS) is 15.5. The first-order chi connectivity index (χ1) is 14.2. The molecule has 2 aromatic heterocycles. The molecular formula is C22H27N5O2. The van der Waals surface area contributed by atoms with E-state index < -0.39 is 0 Å². The number of hydrogen-bond acceptors (Lipinski definition) is 5. The summed E-state index contributed by atoms with van der Waals surface area (Å²) < 4.78 is 5.27. The van der Waals surface area contributed by atoms with Gasteiger partial charge in [0.1, 0.15) is 11.6 Å². The van der Waals surface area contributed by atoms with Crippen LogP contribution in [0.1, 0.15) is 36.7 Å². The highest BCUT2D eigenvalue weighted by molar-refractivity contribution is 5.76. The van der Waals surface area contributed by atoms with Gasteiger partial charge in [-0.2, -0.15) is 0 Å². The highest BCUT2D eigenvalue weighted by Crippen LogP contribution is 2.26. The van der Waals surface area contributed by atoms with Gasteiger partial charge in [0.15, 0.2) is 5.65 Å². The van der Waals surface area contributed by atoms with E-state index in [0.29, 0.717) is 25.0 Å². The number of carbonyl (C=O) groups is 1. The fraction of sp³-hybridized carbons (Fsp3) is 0.409. The molecule has 7 heteroatoms. The smallest absolute Gasteiger partial charge is 0.220 e. The molecule has 0 unspecified atom stereocenters. The lowest BCUT2D eigenvalue weighted by Crippen LogP contribution is -2.36. The fourth-order valence-electron chi connectivity index (χ4n) is 3.88. The molecule has 0 saturated carbocycles. The average molecular weight is 393 g/mol. The number of nitrogens with zero attached hydrogens (tertiary/aromatic N) is 3. The minimum atomic E-state index is 0.0381. The summed E-state index contributed by atoms with van der Waals surface area (Å²) >= 11 is 0. The molecule has 4 rings (SSSR count). The highest BCUT2D eigenvalue weighted by Gasteiger charge is 2.24. The van der Waals surface area contributed by atoms with Crippen LogP contribution < -0.4 is 10.1 Å². The van der Waals surface area contributed by atoms with Crippen LogP contribution in [0.5, 0.6) is 5.75 Å². The van der Waals surface area contributed by atoms with E-state index in [9.17, 15) is 4.79 Å². The quantitative estimate of drug-likeness (QED) is 0.615. The van der Waals surface area contributed by atoms with Crippen LogP contribution in [0.3, 0.4) is 0 Å². The minimum absolute atomic E-state index is 0.0381. The minimum Gasteiger partial charge on any atom is -0.497 e. The molecule has 1 aromatic carbocycles. The van der Waals surface area contributed by atoms with E-state index >= 15 is 0 Å². The van der Waals surface area contributed by atoms with Gasteiger partial charge in [-0.25, -0.2) is 9.97 Å². The van der Waals surface area contributed by atoms with Gasteiger partial charge >= 0.3 is 0 Å². The maximum Gasteiger partial charge on any atom is 0.220 e. The Morgan fingerprint density at radius 3 is 2.76 bits per heavy atom. The van der Waals surface area contributed by atoms with Crippen molar-refractivity contribution in [1.29, 1.82) is 0 Å². The molecule has 1 aliphatic heterocycles. The summed E-state index contributed by atoms with van der Waals surface area (Å²) in [7, 11) is 1.67. The Kier molecular flexibility index (Phi) is 6.05. The molecule has 0 aliphatic carbocycles. The molecule has 7 nitrogen and oxygen atoms in total. The summed E-state index contributed by atoms with van der Waals surface area (Å²) in [6.45, 7) is 2.74. The zero-order valence-corrected chi connectivity index (χ0v) is 16.7. The summed E-state index contributed by atoms with van der Waals surface area (Å²) in [6.07, 6.45) is 5.10. The monoisotopic (exact) mass is 393 g/mol. The van der Waals surface area contributed by atoms with E-state index in [1.807, 2.05) is 24.3 Å². The largest absolute Gasteiger partial charge is 0.497 e. The Morgan fingerprint density at radius 1 is 1.24 bits per heavy atom. The van der Waals surface area contributed by atoms with Gasteiger partial charge in [-0.3, -0.25) is 9.69 Å². The first-order valence-corrected chi connectivity index (χ1v) is 10.2. The fourth-order valence-corrected chi connectivity index (χ4v) is 3.88. The summed E-state index contributed by atoms with van der Waals surface area (Å²) in [5, 5.41) is 3.12. The van der Waals surface area contributed by atoms with Crippen molar-refractivity contribution >= 4 is 17.1 Å². The third-order valence-electron chi connectivity index (χ3n) is 5.47. The maximum atomic E-state index is 12.5. The van der Waals surface area contributed by atoms with Crippen LogP contribution in [0.25, 0.3) is 11.2 Å². The van der Waals surface area contributed by atoms with Gasteiger partial charge < -0.3 is 15.0 Å². The Hall–Kier alpha value is -2.93. The summed E-state index contributed by atoms with van der Waals surface area (Å²) in [6, 6.07) is 12.1. The lowest BCUT2D eigenvalue weighted by Gasteiger charge is -2.28. The van der Waals surface area contributed by atoms with Gasteiger partial charge in [0.2, 0.25) is 5.91 Å². The number of likely N-dealkylation sites (tertiary alicyclic amines) is 1. The molecule has 0 radical (unpaired) electrons. The van der Waals surface area contributed by atoms with Gasteiger partial charge in [-0.1, -0.05) is 12.1 Å². The molecule has 3 heterocycles. The predicted octanol–water partition coefficient (Wildman–Crippen LogP) is 2.85. The zero-order valence-electron chi connectivity index (χ0n) is 16.7. The number of fused-ring (bicyclic) bond motifs is 1.